The van der Waals surface area contributed by atoms with Crippen LogP contribution in [0.5, 0.6) is 5.75 Å². The highest BCUT2D eigenvalue weighted by molar-refractivity contribution is 6.30. The van der Waals surface area contributed by atoms with Crippen LogP contribution < -0.4 is 9.64 Å². The summed E-state index contributed by atoms with van der Waals surface area (Å²) in [5.74, 6) is 2.50. The van der Waals surface area contributed by atoms with Gasteiger partial charge in [0.2, 0.25) is 0 Å². The van der Waals surface area contributed by atoms with Gasteiger partial charge in [0, 0.05) is 25.6 Å². The number of aryl methyl sites for hydroxylation is 1. The van der Waals surface area contributed by atoms with Crippen molar-refractivity contribution in [1.29, 1.82) is 0 Å². The molecule has 5 heteroatoms. The van der Waals surface area contributed by atoms with Crippen LogP contribution in [0.3, 0.4) is 0 Å². The molecule has 0 N–H and O–H groups in total. The number of hydrogen-bond acceptors (Lipinski definition) is 4. The number of methoxy groups -OCH3 is 1. The zero-order valence-electron chi connectivity index (χ0n) is 12.9. The van der Waals surface area contributed by atoms with E-state index in [1.807, 2.05) is 45.2 Å². The molecule has 112 valence electrons. The second-order valence-electron chi connectivity index (χ2n) is 4.94. The van der Waals surface area contributed by atoms with E-state index < -0.39 is 0 Å². The summed E-state index contributed by atoms with van der Waals surface area (Å²) >= 11 is 6.19. The fourth-order valence-corrected chi connectivity index (χ4v) is 2.31. The molecule has 0 atom stereocenters. The molecule has 1 aromatic heterocycles. The van der Waals surface area contributed by atoms with Crippen molar-refractivity contribution in [2.75, 3.05) is 19.1 Å². The van der Waals surface area contributed by atoms with Gasteiger partial charge in [-0.2, -0.15) is 0 Å². The Labute approximate surface area is 130 Å². The maximum atomic E-state index is 6.19. The molecule has 0 fully saturated rings. The molecule has 4 nitrogen and oxygen atoms in total. The molecule has 2 rings (SSSR count). The summed E-state index contributed by atoms with van der Waals surface area (Å²) < 4.78 is 5.17. The molecular formula is C16H20ClN3O. The van der Waals surface area contributed by atoms with E-state index in [-0.39, 0.29) is 0 Å². The summed E-state index contributed by atoms with van der Waals surface area (Å²) in [6.07, 6.45) is 0.767. The summed E-state index contributed by atoms with van der Waals surface area (Å²) in [6.45, 7) is 4.72. The van der Waals surface area contributed by atoms with Crippen LogP contribution in [-0.2, 0) is 13.0 Å². The van der Waals surface area contributed by atoms with Crippen LogP contribution in [0.2, 0.25) is 5.15 Å². The molecule has 1 aromatic carbocycles. The van der Waals surface area contributed by atoms with Gasteiger partial charge in [-0.25, -0.2) is 9.97 Å². The van der Waals surface area contributed by atoms with E-state index in [0.717, 1.165) is 35.9 Å². The van der Waals surface area contributed by atoms with E-state index in [2.05, 4.69) is 14.9 Å². The summed E-state index contributed by atoms with van der Waals surface area (Å²) in [5.41, 5.74) is 2.09. The summed E-state index contributed by atoms with van der Waals surface area (Å²) in [5, 5.41) is 0.526. The number of benzene rings is 1. The molecule has 0 bridgehead atoms. The van der Waals surface area contributed by atoms with Crippen molar-refractivity contribution in [2.24, 2.45) is 0 Å². The average molecular weight is 306 g/mol. The minimum absolute atomic E-state index is 0.526. The quantitative estimate of drug-likeness (QED) is 0.790. The SMILES string of the molecule is CCc1nc(Cl)c(C)c(N(C)Cc2ccc(OC)cc2)n1. The predicted molar refractivity (Wildman–Crippen MR) is 86.3 cm³/mol. The third-order valence-corrected chi connectivity index (χ3v) is 3.73. The maximum absolute atomic E-state index is 6.19. The number of nitrogens with zero attached hydrogens (tertiary/aromatic N) is 3. The molecule has 0 amide bonds. The van der Waals surface area contributed by atoms with Gasteiger partial charge in [-0.15, -0.1) is 0 Å². The Morgan fingerprint density at radius 3 is 2.43 bits per heavy atom. The standard InChI is InChI=1S/C16H20ClN3O/c1-5-14-18-15(17)11(2)16(19-14)20(3)10-12-6-8-13(21-4)9-7-12/h6-9H,5,10H2,1-4H3. The first-order valence-electron chi connectivity index (χ1n) is 6.92. The molecule has 0 aliphatic rings. The van der Waals surface area contributed by atoms with Crippen LogP contribution >= 0.6 is 11.6 Å². The van der Waals surface area contributed by atoms with E-state index in [9.17, 15) is 0 Å². The van der Waals surface area contributed by atoms with Crippen LogP contribution in [0.4, 0.5) is 5.82 Å². The van der Waals surface area contributed by atoms with Crippen molar-refractivity contribution < 1.29 is 4.74 Å². The number of ether oxygens (including phenoxy) is 1. The van der Waals surface area contributed by atoms with Crippen LogP contribution in [0, 0.1) is 6.92 Å². The average Bonchev–Trinajstić information content (AvgIpc) is 2.50. The Morgan fingerprint density at radius 2 is 1.86 bits per heavy atom. The zero-order valence-corrected chi connectivity index (χ0v) is 13.6. The second-order valence-corrected chi connectivity index (χ2v) is 5.29. The lowest BCUT2D eigenvalue weighted by molar-refractivity contribution is 0.414. The first kappa shape index (κ1) is 15.6. The Morgan fingerprint density at radius 1 is 1.19 bits per heavy atom. The molecule has 0 saturated heterocycles. The molecule has 0 radical (unpaired) electrons. The van der Waals surface area contributed by atoms with E-state index in [1.54, 1.807) is 7.11 Å². The lowest BCUT2D eigenvalue weighted by Crippen LogP contribution is -2.20. The van der Waals surface area contributed by atoms with E-state index in [0.29, 0.717) is 5.15 Å². The molecule has 21 heavy (non-hydrogen) atoms. The summed E-state index contributed by atoms with van der Waals surface area (Å²) in [4.78, 5) is 10.9. The van der Waals surface area contributed by atoms with Crippen molar-refractivity contribution in [3.63, 3.8) is 0 Å². The monoisotopic (exact) mass is 305 g/mol. The fraction of sp³-hybridized carbons (Fsp3) is 0.375. The highest BCUT2D eigenvalue weighted by Gasteiger charge is 2.13. The third kappa shape index (κ3) is 3.64. The molecule has 0 aliphatic heterocycles. The van der Waals surface area contributed by atoms with E-state index >= 15 is 0 Å². The zero-order chi connectivity index (χ0) is 15.4. The Kier molecular flexibility index (Phi) is 5.02. The van der Waals surface area contributed by atoms with Gasteiger partial charge >= 0.3 is 0 Å². The van der Waals surface area contributed by atoms with Gasteiger partial charge in [-0.1, -0.05) is 30.7 Å². The highest BCUT2D eigenvalue weighted by atomic mass is 35.5. The van der Waals surface area contributed by atoms with Gasteiger partial charge in [-0.05, 0) is 24.6 Å². The molecular weight excluding hydrogens is 286 g/mol. The lowest BCUT2D eigenvalue weighted by atomic mass is 10.2. The molecule has 1 heterocycles. The first-order valence-corrected chi connectivity index (χ1v) is 7.30. The van der Waals surface area contributed by atoms with Crippen LogP contribution in [-0.4, -0.2) is 24.1 Å². The third-order valence-electron chi connectivity index (χ3n) is 3.36. The highest BCUT2D eigenvalue weighted by Crippen LogP contribution is 2.24. The van der Waals surface area contributed by atoms with Crippen molar-refractivity contribution in [2.45, 2.75) is 26.8 Å². The van der Waals surface area contributed by atoms with Crippen molar-refractivity contribution in [3.8, 4) is 5.75 Å². The molecule has 0 unspecified atom stereocenters. The van der Waals surface area contributed by atoms with Crippen LogP contribution in [0.15, 0.2) is 24.3 Å². The van der Waals surface area contributed by atoms with Crippen molar-refractivity contribution in [3.05, 3.63) is 46.4 Å². The summed E-state index contributed by atoms with van der Waals surface area (Å²) in [7, 11) is 3.68. The van der Waals surface area contributed by atoms with E-state index in [4.69, 9.17) is 16.3 Å². The number of halogens is 1. The number of anilines is 1. The maximum Gasteiger partial charge on any atom is 0.137 e. The minimum atomic E-state index is 0.526. The summed E-state index contributed by atoms with van der Waals surface area (Å²) in [6, 6.07) is 8.02. The lowest BCUT2D eigenvalue weighted by Gasteiger charge is -2.21. The minimum Gasteiger partial charge on any atom is -0.497 e. The predicted octanol–water partition coefficient (Wildman–Crippen LogP) is 3.65. The molecule has 0 spiro atoms. The topological polar surface area (TPSA) is 38.2 Å². The number of rotatable bonds is 5. The fourth-order valence-electron chi connectivity index (χ4n) is 2.13. The van der Waals surface area contributed by atoms with Gasteiger partial charge in [0.05, 0.1) is 7.11 Å². The van der Waals surface area contributed by atoms with Crippen molar-refractivity contribution >= 4 is 17.4 Å². The largest absolute Gasteiger partial charge is 0.497 e. The van der Waals surface area contributed by atoms with Crippen LogP contribution in [0.25, 0.3) is 0 Å². The normalized spacial score (nSPS) is 10.5. The van der Waals surface area contributed by atoms with E-state index in [1.165, 1.54) is 5.56 Å². The number of aromatic nitrogens is 2. The smallest absolute Gasteiger partial charge is 0.137 e. The van der Waals surface area contributed by atoms with Crippen LogP contribution in [0.1, 0.15) is 23.9 Å². The van der Waals surface area contributed by atoms with Gasteiger partial charge in [0.15, 0.2) is 0 Å². The first-order chi connectivity index (χ1) is 10.0. The van der Waals surface area contributed by atoms with Gasteiger partial charge in [-0.3, -0.25) is 0 Å². The Hall–Kier alpha value is -1.81. The molecule has 0 saturated carbocycles. The van der Waals surface area contributed by atoms with Gasteiger partial charge in [0.25, 0.3) is 0 Å². The second kappa shape index (κ2) is 6.76. The molecule has 0 aliphatic carbocycles. The molecule has 2 aromatic rings. The van der Waals surface area contributed by atoms with Crippen molar-refractivity contribution in [1.82, 2.24) is 9.97 Å². The van der Waals surface area contributed by atoms with Gasteiger partial charge < -0.3 is 9.64 Å². The Balaban J connectivity index is 2.22. The Bertz CT molecular complexity index is 614. The number of hydrogen-bond donors (Lipinski definition) is 0. The van der Waals surface area contributed by atoms with Gasteiger partial charge in [0.1, 0.15) is 22.5 Å².